The van der Waals surface area contributed by atoms with E-state index in [-0.39, 0.29) is 0 Å². The van der Waals surface area contributed by atoms with Crippen LogP contribution in [-0.4, -0.2) is 29.9 Å². The van der Waals surface area contributed by atoms with Crippen LogP contribution in [0.2, 0.25) is 0 Å². The van der Waals surface area contributed by atoms with Gasteiger partial charge in [0.15, 0.2) is 34.9 Å². The quantitative estimate of drug-likeness (QED) is 0.121. The Morgan fingerprint density at radius 2 is 0.464 bits per heavy atom. The van der Waals surface area contributed by atoms with Crippen LogP contribution in [0.4, 0.5) is 0 Å². The molecular weight excluding hydrogens is 1400 g/mol. The molecule has 2 aliphatic carbocycles. The van der Waals surface area contributed by atoms with Crippen LogP contribution in [0.15, 0.2) is 400 Å². The highest BCUT2D eigenvalue weighted by Crippen LogP contribution is 2.59. The van der Waals surface area contributed by atoms with Gasteiger partial charge in [0.1, 0.15) is 0 Å². The average molecular weight is 1460 g/mol. The van der Waals surface area contributed by atoms with Crippen LogP contribution in [-0.2, 0) is 10.8 Å². The molecule has 0 fully saturated rings. The number of nitrogens with zero attached hydrogens (tertiary/aromatic N) is 6. The van der Waals surface area contributed by atoms with E-state index in [4.69, 9.17) is 29.9 Å². The first-order chi connectivity index (χ1) is 55.5. The van der Waals surface area contributed by atoms with E-state index in [9.17, 15) is 0 Å². The van der Waals surface area contributed by atoms with Crippen molar-refractivity contribution >= 4 is 63.0 Å². The lowest BCUT2D eigenvalue weighted by atomic mass is 9.67. The van der Waals surface area contributed by atoms with Gasteiger partial charge < -0.3 is 0 Å². The molecule has 2 aliphatic rings. The van der Waals surface area contributed by atoms with Gasteiger partial charge in [-0.05, 0) is 144 Å². The topological polar surface area (TPSA) is 77.3 Å². The summed E-state index contributed by atoms with van der Waals surface area (Å²) in [5.74, 6) is 3.90. The highest BCUT2D eigenvalue weighted by molar-refractivity contribution is 7.26. The number of rotatable bonds is 12. The molecule has 6 nitrogen and oxygen atoms in total. The Labute approximate surface area is 656 Å². The van der Waals surface area contributed by atoms with Crippen molar-refractivity contribution in [3.05, 3.63) is 445 Å². The fraction of sp³-hybridized carbons (Fsp3) is 0.0192. The van der Waals surface area contributed by atoms with Crippen molar-refractivity contribution < 1.29 is 0 Å². The Morgan fingerprint density at radius 1 is 0.170 bits per heavy atom. The standard InChI is InChI=1S/C58H37N3S.C46H29N3S/c1-4-16-38(17-5-1)40-30-32-41(33-31-40)55-59-56(43-21-14-20-42(36-43)39-18-6-2-7-19-39)61-57(60-55)48-26-15-29-53-54(48)49-37-45(34-35-52(49)62-53)58(44-22-8-3-9-23-44)50-27-12-10-24-46(50)47-25-11-13-28-51(47)58;1-4-14-30(15-5-1)43-47-44(31-16-6-2-7-17-31)49-45(48-43)32-24-26-41-37(28-32)38-29-34(25-27-42(38)50-41)46(33-18-8-3-9-19-33)39-22-12-10-20-35(39)36-21-11-13-23-40(36)46/h1-37H;1-29H. The van der Waals surface area contributed by atoms with Gasteiger partial charge in [-0.25, -0.2) is 29.9 Å². The molecule has 0 unspecified atom stereocenters. The molecular formula is C104H66N6S2. The third-order valence-electron chi connectivity index (χ3n) is 22.5. The minimum absolute atomic E-state index is 0.447. The molecule has 0 spiro atoms. The molecule has 0 bridgehead atoms. The van der Waals surface area contributed by atoms with E-state index in [1.165, 1.54) is 107 Å². The summed E-state index contributed by atoms with van der Waals surface area (Å²) in [6.45, 7) is 0. The third-order valence-corrected chi connectivity index (χ3v) is 24.7. The first-order valence-electron chi connectivity index (χ1n) is 37.9. The van der Waals surface area contributed by atoms with Gasteiger partial charge in [0.05, 0.1) is 10.8 Å². The molecule has 524 valence electrons. The van der Waals surface area contributed by atoms with Crippen molar-refractivity contribution in [1.82, 2.24) is 29.9 Å². The molecule has 8 heteroatoms. The van der Waals surface area contributed by atoms with Crippen LogP contribution >= 0.6 is 22.7 Å². The zero-order valence-corrected chi connectivity index (χ0v) is 62.2. The lowest BCUT2D eigenvalue weighted by molar-refractivity contribution is 0.770. The summed E-state index contributed by atoms with van der Waals surface area (Å²) in [5.41, 5.74) is 24.8. The highest BCUT2D eigenvalue weighted by atomic mass is 32.1. The van der Waals surface area contributed by atoms with Crippen LogP contribution in [0.5, 0.6) is 0 Å². The molecule has 0 aliphatic heterocycles. The molecule has 0 amide bonds. The second kappa shape index (κ2) is 27.6. The van der Waals surface area contributed by atoms with Gasteiger partial charge in [-0.15, -0.1) is 22.7 Å². The second-order valence-corrected chi connectivity index (χ2v) is 30.8. The van der Waals surface area contributed by atoms with Crippen LogP contribution in [0, 0.1) is 0 Å². The number of benzene rings is 16. The van der Waals surface area contributed by atoms with Gasteiger partial charge in [0, 0.05) is 73.7 Å². The van der Waals surface area contributed by atoms with Gasteiger partial charge in [0.25, 0.3) is 0 Å². The Kier molecular flexibility index (Phi) is 16.3. The Balaban J connectivity index is 0.000000145. The summed E-state index contributed by atoms with van der Waals surface area (Å²) in [5, 5.41) is 4.78. The summed E-state index contributed by atoms with van der Waals surface area (Å²) in [7, 11) is 0. The average Bonchev–Trinajstić information content (AvgIpc) is 1.54. The summed E-state index contributed by atoms with van der Waals surface area (Å²) in [4.78, 5) is 30.8. The minimum atomic E-state index is -0.505. The van der Waals surface area contributed by atoms with Gasteiger partial charge in [-0.1, -0.05) is 346 Å². The summed E-state index contributed by atoms with van der Waals surface area (Å²) < 4.78 is 4.91. The summed E-state index contributed by atoms with van der Waals surface area (Å²) in [6.07, 6.45) is 0. The summed E-state index contributed by atoms with van der Waals surface area (Å²) in [6, 6.07) is 143. The predicted molar refractivity (Wildman–Crippen MR) is 464 cm³/mol. The normalized spacial score (nSPS) is 12.8. The van der Waals surface area contributed by atoms with E-state index in [1.807, 2.05) is 95.5 Å². The van der Waals surface area contributed by atoms with Gasteiger partial charge in [0.2, 0.25) is 0 Å². The largest absolute Gasteiger partial charge is 0.208 e. The van der Waals surface area contributed by atoms with Crippen molar-refractivity contribution in [3.63, 3.8) is 0 Å². The van der Waals surface area contributed by atoms with Crippen molar-refractivity contribution in [2.45, 2.75) is 10.8 Å². The molecule has 112 heavy (non-hydrogen) atoms. The Bertz CT molecular complexity index is 6840. The van der Waals surface area contributed by atoms with E-state index in [0.717, 1.165) is 55.5 Å². The molecule has 16 aromatic carbocycles. The molecule has 4 heterocycles. The number of aromatic nitrogens is 6. The molecule has 4 aromatic heterocycles. The van der Waals surface area contributed by atoms with Crippen LogP contribution in [0.25, 0.3) is 153 Å². The fourth-order valence-electron chi connectivity index (χ4n) is 17.4. The SMILES string of the molecule is c1ccc(-c2ccc(-c3nc(-c4cccc(-c5ccccc5)c4)nc(-c4cccc5sc6ccc(C7(c8ccccc8)c8ccccc8-c8ccccc87)cc6c45)n3)cc2)cc1.c1ccc(-c2nc(-c3ccccc3)nc(-c3ccc4sc5ccc(C6(c7ccccc7)c7ccccc7-c7ccccc76)cc5c4c3)n2)cc1. The molecule has 0 N–H and O–H groups in total. The van der Waals surface area contributed by atoms with E-state index < -0.39 is 10.8 Å². The van der Waals surface area contributed by atoms with Crippen LogP contribution in [0.3, 0.4) is 0 Å². The number of thiophene rings is 2. The van der Waals surface area contributed by atoms with E-state index in [0.29, 0.717) is 34.9 Å². The summed E-state index contributed by atoms with van der Waals surface area (Å²) >= 11 is 3.65. The van der Waals surface area contributed by atoms with Crippen molar-refractivity contribution in [1.29, 1.82) is 0 Å². The van der Waals surface area contributed by atoms with E-state index >= 15 is 0 Å². The van der Waals surface area contributed by atoms with Gasteiger partial charge in [-0.2, -0.15) is 0 Å². The number of hydrogen-bond acceptors (Lipinski definition) is 8. The van der Waals surface area contributed by atoms with Crippen molar-refractivity contribution in [2.75, 3.05) is 0 Å². The molecule has 0 radical (unpaired) electrons. The zero-order valence-electron chi connectivity index (χ0n) is 60.6. The maximum Gasteiger partial charge on any atom is 0.164 e. The van der Waals surface area contributed by atoms with E-state index in [1.54, 1.807) is 0 Å². The van der Waals surface area contributed by atoms with Crippen molar-refractivity contribution in [2.24, 2.45) is 0 Å². The second-order valence-electron chi connectivity index (χ2n) is 28.7. The lowest BCUT2D eigenvalue weighted by Crippen LogP contribution is -2.28. The first kappa shape index (κ1) is 66.2. The first-order valence-corrected chi connectivity index (χ1v) is 39.5. The van der Waals surface area contributed by atoms with Gasteiger partial charge >= 0.3 is 0 Å². The van der Waals surface area contributed by atoms with E-state index in [2.05, 4.69) is 328 Å². The van der Waals surface area contributed by atoms with Crippen molar-refractivity contribution in [3.8, 4) is 113 Å². The third kappa shape index (κ3) is 11.1. The Hall–Kier alpha value is -14.0. The predicted octanol–water partition coefficient (Wildman–Crippen LogP) is 26.5. The number of fused-ring (bicyclic) bond motifs is 12. The minimum Gasteiger partial charge on any atom is -0.208 e. The molecule has 22 rings (SSSR count). The fourth-order valence-corrected chi connectivity index (χ4v) is 19.6. The molecule has 0 saturated heterocycles. The molecule has 0 atom stereocenters. The van der Waals surface area contributed by atoms with Crippen LogP contribution in [0.1, 0.15) is 44.5 Å². The Morgan fingerprint density at radius 3 is 0.946 bits per heavy atom. The van der Waals surface area contributed by atoms with Crippen LogP contribution < -0.4 is 0 Å². The smallest absolute Gasteiger partial charge is 0.164 e. The monoisotopic (exact) mass is 1460 g/mol. The number of hydrogen-bond donors (Lipinski definition) is 0. The van der Waals surface area contributed by atoms with Gasteiger partial charge in [-0.3, -0.25) is 0 Å². The lowest BCUT2D eigenvalue weighted by Gasteiger charge is -2.34. The molecule has 0 saturated carbocycles. The highest BCUT2D eigenvalue weighted by Gasteiger charge is 2.48. The maximum absolute atomic E-state index is 5.34. The zero-order chi connectivity index (χ0) is 74.1. The molecule has 20 aromatic rings. The maximum atomic E-state index is 5.34.